The number of rotatable bonds is 3. The topological polar surface area (TPSA) is 66.8 Å². The van der Waals surface area contributed by atoms with Crippen LogP contribution in [0.1, 0.15) is 34.7 Å². The average molecular weight is 494 g/mol. The van der Waals surface area contributed by atoms with E-state index in [0.29, 0.717) is 33.5 Å². The second-order valence-corrected chi connectivity index (χ2v) is 9.27. The van der Waals surface area contributed by atoms with Crippen molar-refractivity contribution in [2.45, 2.75) is 25.8 Å². The lowest BCUT2D eigenvalue weighted by Crippen LogP contribution is -2.29. The number of carbonyl (C=O) groups excluding carboxylic acids is 2. The summed E-state index contributed by atoms with van der Waals surface area (Å²) < 4.78 is 5.67. The molecule has 3 aromatic rings. The maximum atomic E-state index is 13.3. The quantitative estimate of drug-likeness (QED) is 0.266. The molecule has 5 nitrogen and oxygen atoms in total. The Morgan fingerprint density at radius 2 is 1.85 bits per heavy atom. The van der Waals surface area contributed by atoms with Crippen LogP contribution in [0.3, 0.4) is 0 Å². The Bertz CT molecular complexity index is 1360. The van der Waals surface area contributed by atoms with Gasteiger partial charge in [0.1, 0.15) is 11.5 Å². The third-order valence-corrected chi connectivity index (χ3v) is 6.90. The number of aryl methyl sites for hydroxylation is 2. The van der Waals surface area contributed by atoms with Crippen molar-refractivity contribution in [3.8, 4) is 5.75 Å². The number of halogens is 2. The summed E-state index contributed by atoms with van der Waals surface area (Å²) in [7, 11) is 0. The van der Waals surface area contributed by atoms with Crippen molar-refractivity contribution in [2.75, 3.05) is 11.5 Å². The first-order valence-corrected chi connectivity index (χ1v) is 11.7. The molecule has 0 bridgehead atoms. The van der Waals surface area contributed by atoms with Gasteiger partial charge in [0.25, 0.3) is 11.7 Å². The van der Waals surface area contributed by atoms with Crippen molar-refractivity contribution in [3.63, 3.8) is 0 Å². The van der Waals surface area contributed by atoms with Crippen molar-refractivity contribution in [1.29, 1.82) is 0 Å². The maximum Gasteiger partial charge on any atom is 0.300 e. The number of hydrogen-bond donors (Lipinski definition) is 1. The standard InChI is InChI=1S/C27H21Cl2NO4/c1-15-4-2-6-19(12-15)30-24(17-7-9-20(28)21(29)14-17)23(26(32)27(30)33)25(31)18-8-10-22-16(13-18)5-3-11-34-22/h2,4,6-10,12-14,24,31H,3,5,11H2,1H3/b25-23-. The van der Waals surface area contributed by atoms with E-state index in [4.69, 9.17) is 27.9 Å². The van der Waals surface area contributed by atoms with Crippen LogP contribution < -0.4 is 9.64 Å². The molecular formula is C27H21Cl2NO4. The van der Waals surface area contributed by atoms with Gasteiger partial charge in [0, 0.05) is 11.3 Å². The van der Waals surface area contributed by atoms with Gasteiger partial charge in [-0.25, -0.2) is 0 Å². The van der Waals surface area contributed by atoms with Gasteiger partial charge in [0.2, 0.25) is 0 Å². The van der Waals surface area contributed by atoms with Crippen LogP contribution in [0.2, 0.25) is 10.0 Å². The third-order valence-electron chi connectivity index (χ3n) is 6.17. The fraction of sp³-hybridized carbons (Fsp3) is 0.185. The number of carbonyl (C=O) groups is 2. The van der Waals surface area contributed by atoms with E-state index in [9.17, 15) is 14.7 Å². The minimum atomic E-state index is -0.871. The van der Waals surface area contributed by atoms with E-state index >= 15 is 0 Å². The molecule has 5 rings (SSSR count). The molecule has 1 saturated heterocycles. The SMILES string of the molecule is Cc1cccc(N2C(=O)C(=O)/C(=C(\O)c3ccc4c(c3)CCCO4)C2c2ccc(Cl)c(Cl)c2)c1. The molecule has 7 heteroatoms. The van der Waals surface area contributed by atoms with E-state index < -0.39 is 17.7 Å². The van der Waals surface area contributed by atoms with Gasteiger partial charge in [-0.3, -0.25) is 14.5 Å². The molecule has 2 aliphatic rings. The molecule has 3 aromatic carbocycles. The zero-order valence-electron chi connectivity index (χ0n) is 18.3. The van der Waals surface area contributed by atoms with Crippen molar-refractivity contribution in [1.82, 2.24) is 0 Å². The normalized spacial score (nSPS) is 19.1. The van der Waals surface area contributed by atoms with Gasteiger partial charge in [-0.2, -0.15) is 0 Å². The number of amides is 1. The molecule has 0 radical (unpaired) electrons. The molecule has 0 saturated carbocycles. The van der Waals surface area contributed by atoms with E-state index in [0.717, 1.165) is 29.7 Å². The Hall–Kier alpha value is -3.28. The highest BCUT2D eigenvalue weighted by Crippen LogP contribution is 2.44. The lowest BCUT2D eigenvalue weighted by molar-refractivity contribution is -0.132. The second-order valence-electron chi connectivity index (χ2n) is 8.46. The highest BCUT2D eigenvalue weighted by molar-refractivity contribution is 6.51. The minimum absolute atomic E-state index is 0.00146. The Morgan fingerprint density at radius 3 is 2.62 bits per heavy atom. The summed E-state index contributed by atoms with van der Waals surface area (Å²) in [6.45, 7) is 2.56. The number of fused-ring (bicyclic) bond motifs is 1. The molecule has 2 heterocycles. The fourth-order valence-corrected chi connectivity index (χ4v) is 4.84. The number of Topliss-reactive ketones (excluding diaryl/α,β-unsaturated/α-hetero) is 1. The number of benzene rings is 3. The van der Waals surface area contributed by atoms with E-state index in [1.807, 2.05) is 31.2 Å². The van der Waals surface area contributed by atoms with Crippen LogP contribution in [-0.4, -0.2) is 23.4 Å². The van der Waals surface area contributed by atoms with E-state index in [-0.39, 0.29) is 11.3 Å². The fourth-order valence-electron chi connectivity index (χ4n) is 4.54. The summed E-state index contributed by atoms with van der Waals surface area (Å²) in [6, 6.07) is 16.7. The third kappa shape index (κ3) is 3.85. The molecule has 34 heavy (non-hydrogen) atoms. The zero-order chi connectivity index (χ0) is 24.0. The van der Waals surface area contributed by atoms with Gasteiger partial charge in [0.05, 0.1) is 28.3 Å². The van der Waals surface area contributed by atoms with Gasteiger partial charge < -0.3 is 9.84 Å². The summed E-state index contributed by atoms with van der Waals surface area (Å²) in [4.78, 5) is 28.0. The molecular weight excluding hydrogens is 473 g/mol. The van der Waals surface area contributed by atoms with Crippen molar-refractivity contribution >= 4 is 46.3 Å². The lowest BCUT2D eigenvalue weighted by Gasteiger charge is -2.26. The predicted molar refractivity (Wildman–Crippen MR) is 133 cm³/mol. The van der Waals surface area contributed by atoms with Gasteiger partial charge in [-0.1, -0.05) is 41.4 Å². The predicted octanol–water partition coefficient (Wildman–Crippen LogP) is 6.25. The molecule has 0 spiro atoms. The number of aliphatic hydroxyl groups is 1. The smallest absolute Gasteiger partial charge is 0.300 e. The first-order chi connectivity index (χ1) is 16.3. The van der Waals surface area contributed by atoms with Crippen molar-refractivity contribution in [2.24, 2.45) is 0 Å². The molecule has 1 unspecified atom stereocenters. The van der Waals surface area contributed by atoms with Crippen LogP contribution in [0.4, 0.5) is 5.69 Å². The lowest BCUT2D eigenvalue weighted by atomic mass is 9.94. The number of ketones is 1. The molecule has 2 aliphatic heterocycles. The Labute approximate surface area is 207 Å². The molecule has 1 fully saturated rings. The largest absolute Gasteiger partial charge is 0.507 e. The van der Waals surface area contributed by atoms with Crippen LogP contribution in [-0.2, 0) is 16.0 Å². The summed E-state index contributed by atoms with van der Waals surface area (Å²) in [5.41, 5.74) is 3.46. The molecule has 1 N–H and O–H groups in total. The van der Waals surface area contributed by atoms with Gasteiger partial charge in [-0.15, -0.1) is 0 Å². The molecule has 0 aromatic heterocycles. The highest BCUT2D eigenvalue weighted by Gasteiger charge is 2.47. The number of nitrogens with zero attached hydrogens (tertiary/aromatic N) is 1. The van der Waals surface area contributed by atoms with E-state index in [1.165, 1.54) is 4.90 Å². The van der Waals surface area contributed by atoms with Crippen molar-refractivity contribution in [3.05, 3.63) is 98.5 Å². The van der Waals surface area contributed by atoms with Crippen LogP contribution in [0.15, 0.2) is 66.2 Å². The van der Waals surface area contributed by atoms with Crippen molar-refractivity contribution < 1.29 is 19.4 Å². The maximum absolute atomic E-state index is 13.3. The number of aliphatic hydroxyl groups excluding tert-OH is 1. The van der Waals surface area contributed by atoms with Crippen LogP contribution in [0, 0.1) is 6.92 Å². The Kier molecular flexibility index (Phi) is 5.84. The highest BCUT2D eigenvalue weighted by atomic mass is 35.5. The van der Waals surface area contributed by atoms with Gasteiger partial charge in [-0.05, 0) is 78.9 Å². The summed E-state index contributed by atoms with van der Waals surface area (Å²) in [5.74, 6) is -0.949. The number of anilines is 1. The zero-order valence-corrected chi connectivity index (χ0v) is 19.9. The number of hydrogen-bond acceptors (Lipinski definition) is 4. The second kappa shape index (κ2) is 8.82. The Morgan fingerprint density at radius 1 is 1.03 bits per heavy atom. The Balaban J connectivity index is 1.71. The molecule has 1 atom stereocenters. The van der Waals surface area contributed by atoms with E-state index in [1.54, 1.807) is 36.4 Å². The monoisotopic (exact) mass is 493 g/mol. The summed E-state index contributed by atoms with van der Waals surface area (Å²) in [5, 5.41) is 12.0. The summed E-state index contributed by atoms with van der Waals surface area (Å²) in [6.07, 6.45) is 1.68. The van der Waals surface area contributed by atoms with Gasteiger partial charge >= 0.3 is 0 Å². The first-order valence-electron chi connectivity index (χ1n) is 10.9. The van der Waals surface area contributed by atoms with E-state index in [2.05, 4.69) is 0 Å². The van der Waals surface area contributed by atoms with Crippen LogP contribution >= 0.6 is 23.2 Å². The number of ether oxygens (including phenoxy) is 1. The summed E-state index contributed by atoms with van der Waals surface area (Å²) >= 11 is 12.4. The van der Waals surface area contributed by atoms with Crippen LogP contribution in [0.5, 0.6) is 5.75 Å². The minimum Gasteiger partial charge on any atom is -0.507 e. The van der Waals surface area contributed by atoms with Crippen LogP contribution in [0.25, 0.3) is 5.76 Å². The first kappa shape index (κ1) is 22.5. The molecule has 1 amide bonds. The molecule has 172 valence electrons. The average Bonchev–Trinajstić information content (AvgIpc) is 3.10. The molecule has 0 aliphatic carbocycles. The van der Waals surface area contributed by atoms with Gasteiger partial charge in [0.15, 0.2) is 0 Å².